The van der Waals surface area contributed by atoms with Gasteiger partial charge in [0.15, 0.2) is 17.3 Å². The Morgan fingerprint density at radius 3 is 2.50 bits per heavy atom. The minimum atomic E-state index is -0.125. The molecule has 26 heavy (non-hydrogen) atoms. The van der Waals surface area contributed by atoms with Gasteiger partial charge in [-0.3, -0.25) is 9.59 Å². The molecule has 1 amide bonds. The van der Waals surface area contributed by atoms with Gasteiger partial charge in [-0.1, -0.05) is 12.1 Å². The molecule has 0 saturated heterocycles. The molecule has 3 N–H and O–H groups in total. The normalized spacial score (nSPS) is 9.77. The van der Waals surface area contributed by atoms with Gasteiger partial charge in [0.1, 0.15) is 0 Å². The van der Waals surface area contributed by atoms with Crippen LogP contribution in [0.15, 0.2) is 42.5 Å². The van der Waals surface area contributed by atoms with Crippen molar-refractivity contribution in [1.29, 1.82) is 0 Å². The van der Waals surface area contributed by atoms with E-state index in [1.54, 1.807) is 30.3 Å². The summed E-state index contributed by atoms with van der Waals surface area (Å²) in [7, 11) is 1.52. The Morgan fingerprint density at radius 1 is 1.12 bits per heavy atom. The second-order valence-electron chi connectivity index (χ2n) is 5.51. The van der Waals surface area contributed by atoms with Crippen molar-refractivity contribution in [3.63, 3.8) is 0 Å². The van der Waals surface area contributed by atoms with Crippen LogP contribution in [0, 0.1) is 0 Å². The van der Waals surface area contributed by atoms with Crippen LogP contribution in [0.1, 0.15) is 30.1 Å². The number of ketones is 1. The number of hydrogen-bond acceptors (Lipinski definition) is 5. The Kier molecular flexibility index (Phi) is 8.45. The second kappa shape index (κ2) is 10.3. The number of Topliss-reactive ketones (excluding diaryl/α,β-unsaturated/α-hetero) is 1. The number of carbonyl (C=O) groups excluding carboxylic acids is 2. The van der Waals surface area contributed by atoms with Gasteiger partial charge >= 0.3 is 0 Å². The van der Waals surface area contributed by atoms with Crippen LogP contribution in [0.25, 0.3) is 0 Å². The molecule has 2 rings (SSSR count). The van der Waals surface area contributed by atoms with Gasteiger partial charge in [0.2, 0.25) is 5.91 Å². The number of benzene rings is 2. The van der Waals surface area contributed by atoms with Crippen molar-refractivity contribution >= 4 is 35.5 Å². The van der Waals surface area contributed by atoms with Crippen molar-refractivity contribution in [3.8, 4) is 11.5 Å². The zero-order chi connectivity index (χ0) is 18.2. The summed E-state index contributed by atoms with van der Waals surface area (Å²) in [5, 5.41) is 2.77. The maximum atomic E-state index is 11.9. The number of ether oxygens (including phenoxy) is 2. The first-order valence-electron chi connectivity index (χ1n) is 7.97. The molecule has 0 aliphatic carbocycles. The van der Waals surface area contributed by atoms with E-state index in [0.29, 0.717) is 47.9 Å². The first-order chi connectivity index (χ1) is 12.0. The molecule has 2 aromatic carbocycles. The maximum Gasteiger partial charge on any atom is 0.224 e. The van der Waals surface area contributed by atoms with Crippen molar-refractivity contribution in [2.24, 2.45) is 0 Å². The van der Waals surface area contributed by atoms with Crippen molar-refractivity contribution in [2.75, 3.05) is 24.8 Å². The van der Waals surface area contributed by atoms with E-state index in [1.807, 2.05) is 12.1 Å². The van der Waals surface area contributed by atoms with E-state index >= 15 is 0 Å². The smallest absolute Gasteiger partial charge is 0.224 e. The Balaban J connectivity index is 0.00000338. The number of halogens is 1. The van der Waals surface area contributed by atoms with E-state index in [2.05, 4.69) is 5.32 Å². The quantitative estimate of drug-likeness (QED) is 0.415. The first kappa shape index (κ1) is 21.3. The van der Waals surface area contributed by atoms with E-state index < -0.39 is 0 Å². The predicted octanol–water partition coefficient (Wildman–Crippen LogP) is 3.70. The maximum absolute atomic E-state index is 11.9. The number of nitrogens with one attached hydrogen (secondary N) is 1. The highest BCUT2D eigenvalue weighted by Crippen LogP contribution is 2.28. The van der Waals surface area contributed by atoms with Gasteiger partial charge in [0.05, 0.1) is 25.1 Å². The molecule has 0 heterocycles. The molecule has 0 fully saturated rings. The van der Waals surface area contributed by atoms with E-state index in [1.165, 1.54) is 14.0 Å². The fraction of sp³-hybridized carbons (Fsp3) is 0.263. The number of rotatable bonds is 8. The summed E-state index contributed by atoms with van der Waals surface area (Å²) in [6, 6.07) is 12.1. The monoisotopic (exact) mass is 378 g/mol. The van der Waals surface area contributed by atoms with Crippen LogP contribution in [0.5, 0.6) is 11.5 Å². The SMILES string of the molecule is COc1cc(C(C)=O)ccc1OCCCC(=O)Nc1ccccc1N.Cl. The van der Waals surface area contributed by atoms with E-state index in [4.69, 9.17) is 15.2 Å². The third-order valence-electron chi connectivity index (χ3n) is 3.61. The molecule has 7 heteroatoms. The lowest BCUT2D eigenvalue weighted by Crippen LogP contribution is -2.14. The van der Waals surface area contributed by atoms with E-state index in [0.717, 1.165) is 0 Å². The molecule has 2 aromatic rings. The average Bonchev–Trinajstić information content (AvgIpc) is 2.60. The first-order valence-corrected chi connectivity index (χ1v) is 7.97. The Hall–Kier alpha value is -2.73. The Morgan fingerprint density at radius 2 is 1.85 bits per heavy atom. The number of nitrogen functional groups attached to an aromatic ring is 1. The van der Waals surface area contributed by atoms with Gasteiger partial charge in [-0.25, -0.2) is 0 Å². The summed E-state index contributed by atoms with van der Waals surface area (Å²) >= 11 is 0. The number of anilines is 2. The molecular formula is C19H23ClN2O4. The third-order valence-corrected chi connectivity index (χ3v) is 3.61. The van der Waals surface area contributed by atoms with Gasteiger partial charge < -0.3 is 20.5 Å². The average molecular weight is 379 g/mol. The molecule has 140 valence electrons. The zero-order valence-corrected chi connectivity index (χ0v) is 15.6. The summed E-state index contributed by atoms with van der Waals surface area (Å²) in [6.45, 7) is 1.85. The van der Waals surface area contributed by atoms with Gasteiger partial charge in [-0.05, 0) is 43.7 Å². The van der Waals surface area contributed by atoms with E-state index in [9.17, 15) is 9.59 Å². The molecule has 0 unspecified atom stereocenters. The number of amides is 1. The van der Waals surface area contributed by atoms with Crippen LogP contribution in [0.4, 0.5) is 11.4 Å². The van der Waals surface area contributed by atoms with Crippen LogP contribution in [0.2, 0.25) is 0 Å². The van der Waals surface area contributed by atoms with Crippen molar-refractivity contribution in [2.45, 2.75) is 19.8 Å². The largest absolute Gasteiger partial charge is 0.493 e. The zero-order valence-electron chi connectivity index (χ0n) is 14.8. The standard InChI is InChI=1S/C19H22N2O4.ClH/c1-13(22)14-9-10-17(18(12-14)24-2)25-11-5-8-19(23)21-16-7-4-3-6-15(16)20;/h3-4,6-7,9-10,12H,5,8,11,20H2,1-2H3,(H,21,23);1H. The van der Waals surface area contributed by atoms with Gasteiger partial charge in [0, 0.05) is 12.0 Å². The van der Waals surface area contributed by atoms with Crippen LogP contribution < -0.4 is 20.5 Å². The van der Waals surface area contributed by atoms with Crippen LogP contribution >= 0.6 is 12.4 Å². The predicted molar refractivity (Wildman–Crippen MR) is 104 cm³/mol. The number of carbonyl (C=O) groups is 2. The summed E-state index contributed by atoms with van der Waals surface area (Å²) in [5.41, 5.74) is 7.48. The summed E-state index contributed by atoms with van der Waals surface area (Å²) in [6.07, 6.45) is 0.846. The highest BCUT2D eigenvalue weighted by molar-refractivity contribution is 5.95. The third kappa shape index (κ3) is 5.97. The fourth-order valence-corrected chi connectivity index (χ4v) is 2.24. The second-order valence-corrected chi connectivity index (χ2v) is 5.51. The topological polar surface area (TPSA) is 90.6 Å². The molecule has 0 bridgehead atoms. The highest BCUT2D eigenvalue weighted by atomic mass is 35.5. The van der Waals surface area contributed by atoms with E-state index in [-0.39, 0.29) is 24.1 Å². The van der Waals surface area contributed by atoms with Gasteiger partial charge in [0.25, 0.3) is 0 Å². The number of nitrogens with two attached hydrogens (primary N) is 1. The minimum absolute atomic E-state index is 0. The van der Waals surface area contributed by atoms with Crippen LogP contribution in [-0.4, -0.2) is 25.4 Å². The molecule has 0 aromatic heterocycles. The molecule has 0 spiro atoms. The number of para-hydroxylation sites is 2. The Labute approximate surface area is 159 Å². The number of methoxy groups -OCH3 is 1. The summed E-state index contributed by atoms with van der Waals surface area (Å²) in [5.74, 6) is 0.872. The molecule has 0 aliphatic rings. The van der Waals surface area contributed by atoms with Crippen LogP contribution in [-0.2, 0) is 4.79 Å². The highest BCUT2D eigenvalue weighted by Gasteiger charge is 2.09. The fourth-order valence-electron chi connectivity index (χ4n) is 2.24. The Bertz CT molecular complexity index is 765. The van der Waals surface area contributed by atoms with Crippen molar-refractivity contribution < 1.29 is 19.1 Å². The number of hydrogen-bond donors (Lipinski definition) is 2. The molecule has 0 radical (unpaired) electrons. The molecule has 6 nitrogen and oxygen atoms in total. The lowest BCUT2D eigenvalue weighted by atomic mass is 10.1. The summed E-state index contributed by atoms with van der Waals surface area (Å²) in [4.78, 5) is 23.3. The summed E-state index contributed by atoms with van der Waals surface area (Å²) < 4.78 is 10.9. The minimum Gasteiger partial charge on any atom is -0.493 e. The molecule has 0 aliphatic heterocycles. The van der Waals surface area contributed by atoms with Gasteiger partial charge in [-0.15, -0.1) is 12.4 Å². The molecule has 0 saturated carbocycles. The van der Waals surface area contributed by atoms with Crippen LogP contribution in [0.3, 0.4) is 0 Å². The lowest BCUT2D eigenvalue weighted by molar-refractivity contribution is -0.116. The van der Waals surface area contributed by atoms with Crippen molar-refractivity contribution in [1.82, 2.24) is 0 Å². The molecular weight excluding hydrogens is 356 g/mol. The molecule has 0 atom stereocenters. The van der Waals surface area contributed by atoms with Gasteiger partial charge in [-0.2, -0.15) is 0 Å². The lowest BCUT2D eigenvalue weighted by Gasteiger charge is -2.12. The van der Waals surface area contributed by atoms with Crippen molar-refractivity contribution in [3.05, 3.63) is 48.0 Å².